The van der Waals surface area contributed by atoms with Crippen molar-refractivity contribution in [3.63, 3.8) is 0 Å². The van der Waals surface area contributed by atoms with E-state index >= 15 is 0 Å². The minimum atomic E-state index is -2.96. The van der Waals surface area contributed by atoms with Crippen LogP contribution in [0.4, 0.5) is 5.69 Å². The summed E-state index contributed by atoms with van der Waals surface area (Å²) in [6.45, 7) is 0. The minimum Gasteiger partial charge on any atom is -0.381 e. The first-order valence-electron chi connectivity index (χ1n) is 7.62. The summed E-state index contributed by atoms with van der Waals surface area (Å²) in [5.74, 6) is 0. The van der Waals surface area contributed by atoms with Gasteiger partial charge in [-0.1, -0.05) is 12.1 Å². The van der Waals surface area contributed by atoms with Crippen LogP contribution in [0.3, 0.4) is 0 Å². The first kappa shape index (κ1) is 13.9. The van der Waals surface area contributed by atoms with Crippen molar-refractivity contribution < 1.29 is 8.42 Å². The molecule has 4 heteroatoms. The lowest BCUT2D eigenvalue weighted by atomic mass is 9.90. The van der Waals surface area contributed by atoms with Crippen LogP contribution in [0.15, 0.2) is 18.2 Å². The Labute approximate surface area is 121 Å². The van der Waals surface area contributed by atoms with Crippen molar-refractivity contribution in [2.75, 3.05) is 11.6 Å². The van der Waals surface area contributed by atoms with Gasteiger partial charge in [0.25, 0.3) is 0 Å². The summed E-state index contributed by atoms with van der Waals surface area (Å²) in [7, 11) is -2.96. The Kier molecular flexibility index (Phi) is 3.76. The average molecular weight is 293 g/mol. The molecule has 2 unspecified atom stereocenters. The third-order valence-corrected chi connectivity index (χ3v) is 6.40. The van der Waals surface area contributed by atoms with Crippen molar-refractivity contribution in [3.05, 3.63) is 29.3 Å². The van der Waals surface area contributed by atoms with E-state index in [1.807, 2.05) is 0 Å². The van der Waals surface area contributed by atoms with E-state index in [0.29, 0.717) is 0 Å². The molecule has 0 aliphatic heterocycles. The minimum absolute atomic E-state index is 0.0819. The summed E-state index contributed by atoms with van der Waals surface area (Å²) >= 11 is 0. The van der Waals surface area contributed by atoms with Gasteiger partial charge in [-0.3, -0.25) is 0 Å². The van der Waals surface area contributed by atoms with E-state index in [9.17, 15) is 8.42 Å². The fourth-order valence-corrected chi connectivity index (χ4v) is 5.12. The molecule has 2 aliphatic rings. The Hall–Kier alpha value is -1.03. The molecule has 0 amide bonds. The average Bonchev–Trinajstić information content (AvgIpc) is 2.87. The molecule has 1 N–H and O–H groups in total. The Morgan fingerprint density at radius 2 is 1.90 bits per heavy atom. The van der Waals surface area contributed by atoms with Gasteiger partial charge >= 0.3 is 0 Å². The second-order valence-corrected chi connectivity index (χ2v) is 8.46. The molecule has 0 radical (unpaired) electrons. The molecular formula is C16H23NO2S. The van der Waals surface area contributed by atoms with Crippen LogP contribution in [0.1, 0.15) is 43.2 Å². The van der Waals surface area contributed by atoms with Crippen LogP contribution in [0.25, 0.3) is 0 Å². The number of nitrogens with one attached hydrogen (secondary N) is 1. The smallest absolute Gasteiger partial charge is 0.152 e. The number of hydrogen-bond acceptors (Lipinski definition) is 3. The topological polar surface area (TPSA) is 46.2 Å². The van der Waals surface area contributed by atoms with Gasteiger partial charge in [-0.05, 0) is 62.1 Å². The molecule has 3 rings (SSSR count). The lowest BCUT2D eigenvalue weighted by Crippen LogP contribution is -2.34. The van der Waals surface area contributed by atoms with Gasteiger partial charge in [0, 0.05) is 18.0 Å². The van der Waals surface area contributed by atoms with E-state index in [0.717, 1.165) is 32.1 Å². The molecule has 1 aromatic rings. The van der Waals surface area contributed by atoms with Crippen molar-refractivity contribution in [1.82, 2.24) is 0 Å². The normalized spacial score (nSPS) is 26.2. The van der Waals surface area contributed by atoms with E-state index in [2.05, 4.69) is 23.5 Å². The van der Waals surface area contributed by atoms with Crippen molar-refractivity contribution in [3.8, 4) is 0 Å². The predicted molar refractivity (Wildman–Crippen MR) is 83.0 cm³/mol. The highest BCUT2D eigenvalue weighted by Gasteiger charge is 2.35. The Morgan fingerprint density at radius 1 is 1.10 bits per heavy atom. The Bertz CT molecular complexity index is 594. The summed E-state index contributed by atoms with van der Waals surface area (Å²) in [6, 6.07) is 6.50. The molecule has 1 fully saturated rings. The first-order valence-corrected chi connectivity index (χ1v) is 9.57. The number of hydrogen-bond donors (Lipinski definition) is 1. The zero-order valence-electron chi connectivity index (χ0n) is 12.1. The number of sulfone groups is 1. The van der Waals surface area contributed by atoms with Crippen LogP contribution in [0.2, 0.25) is 0 Å². The van der Waals surface area contributed by atoms with Crippen LogP contribution in [-0.2, 0) is 22.7 Å². The summed E-state index contributed by atoms with van der Waals surface area (Å²) in [5, 5.41) is 3.33. The standard InChI is InChI=1S/C16H23NO2S/c1-20(18,19)16-11-5-10-15(16)17-14-9-4-7-12-6-2-3-8-13(12)14/h4,7,9,15-17H,2-3,5-6,8,10-11H2,1H3. The number of fused-ring (bicyclic) bond motifs is 1. The number of rotatable bonds is 3. The van der Waals surface area contributed by atoms with Gasteiger partial charge < -0.3 is 5.32 Å². The second-order valence-electron chi connectivity index (χ2n) is 6.20. The molecule has 20 heavy (non-hydrogen) atoms. The highest BCUT2D eigenvalue weighted by atomic mass is 32.2. The summed E-state index contributed by atoms with van der Waals surface area (Å²) in [5.41, 5.74) is 4.02. The predicted octanol–water partition coefficient (Wildman–Crippen LogP) is 2.94. The molecule has 0 bridgehead atoms. The maximum atomic E-state index is 11.9. The van der Waals surface area contributed by atoms with Crippen molar-refractivity contribution in [2.45, 2.75) is 56.2 Å². The molecule has 3 nitrogen and oxygen atoms in total. The second kappa shape index (κ2) is 5.40. The summed E-state index contributed by atoms with van der Waals surface area (Å²) in [4.78, 5) is 0. The lowest BCUT2D eigenvalue weighted by molar-refractivity contribution is 0.579. The van der Waals surface area contributed by atoms with Crippen molar-refractivity contribution >= 4 is 15.5 Å². The number of benzene rings is 1. The zero-order chi connectivity index (χ0) is 14.2. The van der Waals surface area contributed by atoms with E-state index in [4.69, 9.17) is 0 Å². The molecule has 0 aromatic heterocycles. The highest BCUT2D eigenvalue weighted by Crippen LogP contribution is 2.32. The Morgan fingerprint density at radius 3 is 2.70 bits per heavy atom. The highest BCUT2D eigenvalue weighted by molar-refractivity contribution is 7.91. The van der Waals surface area contributed by atoms with Crippen LogP contribution < -0.4 is 5.32 Å². The first-order chi connectivity index (χ1) is 9.55. The molecule has 0 spiro atoms. The van der Waals surface area contributed by atoms with E-state index in [1.165, 1.54) is 35.9 Å². The van der Waals surface area contributed by atoms with E-state index in [1.54, 1.807) is 0 Å². The fraction of sp³-hybridized carbons (Fsp3) is 0.625. The van der Waals surface area contributed by atoms with Gasteiger partial charge in [0.15, 0.2) is 9.84 Å². The molecule has 0 saturated heterocycles. The molecule has 110 valence electrons. The largest absolute Gasteiger partial charge is 0.381 e. The molecule has 2 atom stereocenters. The lowest BCUT2D eigenvalue weighted by Gasteiger charge is -2.25. The van der Waals surface area contributed by atoms with Gasteiger partial charge in [0.1, 0.15) is 0 Å². The SMILES string of the molecule is CS(=O)(=O)C1CCCC1Nc1cccc2c1CCCC2. The van der Waals surface area contributed by atoms with Crippen LogP contribution in [-0.4, -0.2) is 26.0 Å². The Balaban J connectivity index is 1.85. The van der Waals surface area contributed by atoms with Crippen LogP contribution >= 0.6 is 0 Å². The summed E-state index contributed by atoms with van der Waals surface area (Å²) in [6.07, 6.45) is 8.92. The molecular weight excluding hydrogens is 270 g/mol. The van der Waals surface area contributed by atoms with Gasteiger partial charge in [0.2, 0.25) is 0 Å². The monoisotopic (exact) mass is 293 g/mol. The van der Waals surface area contributed by atoms with E-state index < -0.39 is 9.84 Å². The molecule has 1 saturated carbocycles. The third kappa shape index (κ3) is 2.71. The van der Waals surface area contributed by atoms with Gasteiger partial charge in [0.05, 0.1) is 5.25 Å². The zero-order valence-corrected chi connectivity index (χ0v) is 12.9. The van der Waals surface area contributed by atoms with Crippen LogP contribution in [0.5, 0.6) is 0 Å². The van der Waals surface area contributed by atoms with Gasteiger partial charge in [-0.25, -0.2) is 8.42 Å². The maximum Gasteiger partial charge on any atom is 0.152 e. The molecule has 0 heterocycles. The van der Waals surface area contributed by atoms with Crippen molar-refractivity contribution in [2.24, 2.45) is 0 Å². The maximum absolute atomic E-state index is 11.9. The fourth-order valence-electron chi connectivity index (χ4n) is 3.72. The van der Waals surface area contributed by atoms with Gasteiger partial charge in [-0.2, -0.15) is 0 Å². The van der Waals surface area contributed by atoms with Crippen molar-refractivity contribution in [1.29, 1.82) is 0 Å². The van der Waals surface area contributed by atoms with Gasteiger partial charge in [-0.15, -0.1) is 0 Å². The van der Waals surface area contributed by atoms with Crippen LogP contribution in [0, 0.1) is 0 Å². The number of aryl methyl sites for hydroxylation is 1. The van der Waals surface area contributed by atoms with E-state index in [-0.39, 0.29) is 11.3 Å². The molecule has 1 aromatic carbocycles. The summed E-state index contributed by atoms with van der Waals surface area (Å²) < 4.78 is 23.8. The quantitative estimate of drug-likeness (QED) is 0.932. The third-order valence-electron chi connectivity index (χ3n) is 4.74. The number of anilines is 1. The molecule has 2 aliphatic carbocycles.